The van der Waals surface area contributed by atoms with Crippen molar-refractivity contribution in [1.29, 1.82) is 0 Å². The van der Waals surface area contributed by atoms with Gasteiger partial charge in [0.05, 0.1) is 10.6 Å². The Morgan fingerprint density at radius 2 is 1.92 bits per heavy atom. The fourth-order valence-electron chi connectivity index (χ4n) is 3.35. The lowest BCUT2D eigenvalue weighted by Gasteiger charge is -2.34. The topological polar surface area (TPSA) is 77.4 Å². The second-order valence-corrected chi connectivity index (χ2v) is 7.19. The molecule has 0 aromatic carbocycles. The zero-order valence-corrected chi connectivity index (χ0v) is 14.8. The first-order chi connectivity index (χ1) is 11.3. The van der Waals surface area contributed by atoms with E-state index in [0.717, 1.165) is 6.42 Å². The molecule has 0 bridgehead atoms. The van der Waals surface area contributed by atoms with Gasteiger partial charge in [-0.1, -0.05) is 11.6 Å². The van der Waals surface area contributed by atoms with Gasteiger partial charge in [0.25, 0.3) is 16.9 Å². The Kier molecular flexibility index (Phi) is 4.73. The quantitative estimate of drug-likeness (QED) is 0.499. The number of Topliss-reactive ketones (excluding diaryl/α,β-unsaturated/α-hetero) is 1. The Labute approximate surface area is 149 Å². The largest absolute Gasteiger partial charge is 0.381 e. The number of ketones is 1. The molecule has 2 aliphatic rings. The summed E-state index contributed by atoms with van der Waals surface area (Å²) in [6, 6.07) is 0. The molecule has 1 aromatic heterocycles. The molecule has 3 rings (SSSR count). The molecule has 1 amide bonds. The van der Waals surface area contributed by atoms with Crippen molar-refractivity contribution in [2.24, 2.45) is 0 Å². The maximum absolute atomic E-state index is 12.7. The summed E-state index contributed by atoms with van der Waals surface area (Å²) in [5.41, 5.74) is 0.349. The molecule has 1 aromatic rings. The van der Waals surface area contributed by atoms with Crippen LogP contribution in [0.1, 0.15) is 52.7 Å². The number of ether oxygens (including phenoxy) is 1. The minimum atomic E-state index is -0.736. The van der Waals surface area contributed by atoms with Crippen molar-refractivity contribution in [1.82, 2.24) is 9.88 Å². The van der Waals surface area contributed by atoms with Crippen LogP contribution in [0.5, 0.6) is 0 Å². The van der Waals surface area contributed by atoms with Crippen LogP contribution >= 0.6 is 23.2 Å². The predicted octanol–water partition coefficient (Wildman–Crippen LogP) is 2.33. The van der Waals surface area contributed by atoms with E-state index in [4.69, 9.17) is 27.9 Å². The molecular formula is C16H18Cl2N2O4. The van der Waals surface area contributed by atoms with Crippen LogP contribution in [0.15, 0.2) is 0 Å². The predicted molar refractivity (Wildman–Crippen MR) is 88.9 cm³/mol. The van der Waals surface area contributed by atoms with Gasteiger partial charge >= 0.3 is 0 Å². The first kappa shape index (κ1) is 17.5. The maximum atomic E-state index is 12.7. The van der Waals surface area contributed by atoms with Crippen molar-refractivity contribution in [3.8, 4) is 0 Å². The second kappa shape index (κ2) is 6.50. The highest BCUT2D eigenvalue weighted by Gasteiger charge is 2.36. The Bertz CT molecular complexity index is 720. The van der Waals surface area contributed by atoms with Crippen molar-refractivity contribution in [2.75, 3.05) is 13.2 Å². The first-order valence-electron chi connectivity index (χ1n) is 7.89. The molecule has 6 nitrogen and oxygen atoms in total. The highest BCUT2D eigenvalue weighted by molar-refractivity contribution is 6.69. The van der Waals surface area contributed by atoms with Crippen LogP contribution in [-0.4, -0.2) is 40.3 Å². The number of nitrogens with one attached hydrogen (secondary N) is 1. The Morgan fingerprint density at radius 3 is 2.54 bits per heavy atom. The summed E-state index contributed by atoms with van der Waals surface area (Å²) >= 11 is 11.8. The normalized spacial score (nSPS) is 19.0. The standard InChI is InChI=1S/C16H18Cl2N2O4/c1-16(4-7-24-8-5-16)19-15(23)13(21)12-11(17)10(14(18)22)9-3-2-6-20(9)12/h2-8H2,1H3,(H,19,23). The summed E-state index contributed by atoms with van der Waals surface area (Å²) in [5, 5.41) is 2.06. The molecule has 0 atom stereocenters. The molecule has 0 aliphatic carbocycles. The lowest BCUT2D eigenvalue weighted by molar-refractivity contribution is -0.119. The summed E-state index contributed by atoms with van der Waals surface area (Å²) in [4.78, 5) is 36.8. The zero-order chi connectivity index (χ0) is 17.5. The molecule has 1 fully saturated rings. The number of hydrogen-bond acceptors (Lipinski definition) is 4. The lowest BCUT2D eigenvalue weighted by atomic mass is 9.92. The van der Waals surface area contributed by atoms with Crippen LogP contribution in [0.3, 0.4) is 0 Å². The average Bonchev–Trinajstić information content (AvgIpc) is 3.05. The zero-order valence-electron chi connectivity index (χ0n) is 13.3. The van der Waals surface area contributed by atoms with E-state index in [0.29, 0.717) is 44.7 Å². The van der Waals surface area contributed by atoms with E-state index in [9.17, 15) is 14.4 Å². The molecule has 0 spiro atoms. The third kappa shape index (κ3) is 2.98. The van der Waals surface area contributed by atoms with E-state index in [1.807, 2.05) is 6.92 Å². The van der Waals surface area contributed by atoms with Gasteiger partial charge in [-0.2, -0.15) is 0 Å². The van der Waals surface area contributed by atoms with Gasteiger partial charge in [-0.05, 0) is 44.2 Å². The number of halogens is 2. The van der Waals surface area contributed by atoms with Gasteiger partial charge < -0.3 is 14.6 Å². The molecule has 0 saturated carbocycles. The SMILES string of the molecule is CC1(NC(=O)C(=O)c2c(Cl)c(C(=O)Cl)c3n2CCC3)CCOCC1. The molecular weight excluding hydrogens is 355 g/mol. The molecule has 1 saturated heterocycles. The van der Waals surface area contributed by atoms with Gasteiger partial charge in [0.15, 0.2) is 0 Å². The number of hydrogen-bond donors (Lipinski definition) is 1. The maximum Gasteiger partial charge on any atom is 0.294 e. The Morgan fingerprint density at radius 1 is 1.25 bits per heavy atom. The summed E-state index contributed by atoms with van der Waals surface area (Å²) in [5.74, 6) is -1.46. The summed E-state index contributed by atoms with van der Waals surface area (Å²) in [6.07, 6.45) is 2.66. The van der Waals surface area contributed by atoms with E-state index in [1.165, 1.54) is 0 Å². The average molecular weight is 373 g/mol. The van der Waals surface area contributed by atoms with Gasteiger partial charge in [-0.3, -0.25) is 14.4 Å². The molecule has 1 N–H and O–H groups in total. The molecule has 3 heterocycles. The van der Waals surface area contributed by atoms with Crippen molar-refractivity contribution in [3.05, 3.63) is 22.0 Å². The molecule has 0 unspecified atom stereocenters. The number of amides is 1. The molecule has 2 aliphatic heterocycles. The van der Waals surface area contributed by atoms with E-state index in [-0.39, 0.29) is 16.3 Å². The van der Waals surface area contributed by atoms with E-state index < -0.39 is 22.5 Å². The van der Waals surface area contributed by atoms with E-state index >= 15 is 0 Å². The van der Waals surface area contributed by atoms with Gasteiger partial charge in [-0.15, -0.1) is 0 Å². The van der Waals surface area contributed by atoms with Gasteiger partial charge in [0, 0.05) is 31.0 Å². The van der Waals surface area contributed by atoms with Crippen LogP contribution in [0.4, 0.5) is 0 Å². The van der Waals surface area contributed by atoms with Crippen LogP contribution in [-0.2, 0) is 22.5 Å². The molecule has 8 heteroatoms. The number of carbonyl (C=O) groups is 3. The third-order valence-corrected chi connectivity index (χ3v) is 5.29. The highest BCUT2D eigenvalue weighted by atomic mass is 35.5. The highest BCUT2D eigenvalue weighted by Crippen LogP contribution is 2.34. The first-order valence-corrected chi connectivity index (χ1v) is 8.65. The van der Waals surface area contributed by atoms with Gasteiger partial charge in [-0.25, -0.2) is 0 Å². The minimum Gasteiger partial charge on any atom is -0.381 e. The molecule has 24 heavy (non-hydrogen) atoms. The van der Waals surface area contributed by atoms with Crippen LogP contribution in [0, 0.1) is 0 Å². The monoisotopic (exact) mass is 372 g/mol. The summed E-state index contributed by atoms with van der Waals surface area (Å²) in [7, 11) is 0. The number of rotatable bonds is 4. The van der Waals surface area contributed by atoms with Crippen LogP contribution in [0.25, 0.3) is 0 Å². The van der Waals surface area contributed by atoms with Crippen molar-refractivity contribution in [3.63, 3.8) is 0 Å². The Balaban J connectivity index is 1.89. The minimum absolute atomic E-state index is 0.0259. The fraction of sp³-hybridized carbons (Fsp3) is 0.562. The number of nitrogens with zero attached hydrogens (tertiary/aromatic N) is 1. The third-order valence-electron chi connectivity index (χ3n) is 4.74. The summed E-state index contributed by atoms with van der Waals surface area (Å²) in [6.45, 7) is 3.51. The summed E-state index contributed by atoms with van der Waals surface area (Å²) < 4.78 is 6.93. The Hall–Kier alpha value is -1.37. The van der Waals surface area contributed by atoms with Gasteiger partial charge in [0.1, 0.15) is 5.69 Å². The van der Waals surface area contributed by atoms with Crippen molar-refractivity contribution >= 4 is 40.1 Å². The molecule has 130 valence electrons. The molecule has 0 radical (unpaired) electrons. The number of carbonyl (C=O) groups excluding carboxylic acids is 3. The van der Waals surface area contributed by atoms with Crippen molar-refractivity contribution in [2.45, 2.75) is 44.7 Å². The van der Waals surface area contributed by atoms with E-state index in [2.05, 4.69) is 5.32 Å². The van der Waals surface area contributed by atoms with Crippen LogP contribution in [0.2, 0.25) is 5.02 Å². The smallest absolute Gasteiger partial charge is 0.294 e. The number of aromatic nitrogens is 1. The number of fused-ring (bicyclic) bond motifs is 1. The van der Waals surface area contributed by atoms with Crippen LogP contribution < -0.4 is 5.32 Å². The fourth-order valence-corrected chi connectivity index (χ4v) is 3.99. The van der Waals surface area contributed by atoms with Gasteiger partial charge in [0.2, 0.25) is 0 Å². The second-order valence-electron chi connectivity index (χ2n) is 6.47. The van der Waals surface area contributed by atoms with Crippen molar-refractivity contribution < 1.29 is 19.1 Å². The van der Waals surface area contributed by atoms with E-state index in [1.54, 1.807) is 4.57 Å². The lowest BCUT2D eigenvalue weighted by Crippen LogP contribution is -2.51.